The average molecular weight is 532 g/mol. The van der Waals surface area contributed by atoms with Crippen LogP contribution in [0.5, 0.6) is 0 Å². The van der Waals surface area contributed by atoms with Gasteiger partial charge in [-0.3, -0.25) is 0 Å². The van der Waals surface area contributed by atoms with E-state index in [4.69, 9.17) is 48.7 Å². The molecule has 16 nitrogen and oxygen atoms in total. The first-order valence-electron chi connectivity index (χ1n) is 11.2. The highest BCUT2D eigenvalue weighted by molar-refractivity contribution is 4.94. The summed E-state index contributed by atoms with van der Waals surface area (Å²) < 4.78 is 20.9. The Morgan fingerprint density at radius 1 is 0.583 bits per heavy atom. The molecular weight excluding hydrogens is 496 g/mol. The minimum absolute atomic E-state index is 0.0632. The van der Waals surface area contributed by atoms with Crippen molar-refractivity contribution in [1.29, 1.82) is 0 Å². The number of aliphatic hydroxyl groups excluding tert-OH is 8. The molecule has 0 unspecified atom stereocenters. The van der Waals surface area contributed by atoms with Crippen molar-refractivity contribution in [2.45, 2.75) is 61.4 Å². The summed E-state index contributed by atoms with van der Waals surface area (Å²) in [6.45, 7) is 2.88. The molecule has 2 rings (SSSR count). The highest BCUT2D eigenvalue weighted by Gasteiger charge is 2.45. The Kier molecular flexibility index (Phi) is 14.0. The van der Waals surface area contributed by atoms with E-state index in [9.17, 15) is 30.6 Å². The van der Waals surface area contributed by atoms with Crippen molar-refractivity contribution in [3.63, 3.8) is 0 Å². The third-order valence-corrected chi connectivity index (χ3v) is 5.26. The van der Waals surface area contributed by atoms with Crippen molar-refractivity contribution in [2.75, 3.05) is 52.9 Å². The van der Waals surface area contributed by atoms with Gasteiger partial charge in [0, 0.05) is 0 Å². The topological polar surface area (TPSA) is 236 Å². The van der Waals surface area contributed by atoms with Crippen LogP contribution in [0, 0.1) is 0 Å². The van der Waals surface area contributed by atoms with Gasteiger partial charge in [-0.15, -0.1) is 0 Å². The molecule has 2 fully saturated rings. The minimum atomic E-state index is -1.58. The van der Waals surface area contributed by atoms with E-state index in [1.165, 1.54) is 0 Å². The molecule has 212 valence electrons. The van der Waals surface area contributed by atoms with Gasteiger partial charge < -0.3 is 59.8 Å². The van der Waals surface area contributed by atoms with E-state index < -0.39 is 74.6 Å². The van der Waals surface area contributed by atoms with Gasteiger partial charge in [0.05, 0.1) is 39.6 Å². The van der Waals surface area contributed by atoms with Crippen molar-refractivity contribution in [1.82, 2.24) is 0 Å². The van der Waals surface area contributed by atoms with Gasteiger partial charge in [0.15, 0.2) is 0 Å². The highest BCUT2D eigenvalue weighted by Crippen LogP contribution is 2.23. The van der Waals surface area contributed by atoms with E-state index in [1.54, 1.807) is 0 Å². The lowest BCUT2D eigenvalue weighted by Crippen LogP contribution is -2.59. The third kappa shape index (κ3) is 9.14. The second-order valence-corrected chi connectivity index (χ2v) is 8.09. The Labute approximate surface area is 206 Å². The maximum Gasteiger partial charge on any atom is 0.220 e. The van der Waals surface area contributed by atoms with E-state index in [1.807, 2.05) is 0 Å². The van der Waals surface area contributed by atoms with Crippen molar-refractivity contribution in [3.05, 3.63) is 12.2 Å². The number of aliphatic hydroxyl groups is 8. The SMILES string of the molecule is C=C(COCCOO[C@H]1O[C@H](CO)[C@@H](O)[C@H](O)[C@@H]1O)COCCOO[C@H]1O[C@H](CO)[C@@H](O)[C@H](O)[C@@H]1O. The summed E-state index contributed by atoms with van der Waals surface area (Å²) in [5.41, 5.74) is 0.583. The molecule has 36 heavy (non-hydrogen) atoms. The Bertz CT molecular complexity index is 571. The van der Waals surface area contributed by atoms with Gasteiger partial charge in [-0.1, -0.05) is 6.58 Å². The average Bonchev–Trinajstić information content (AvgIpc) is 2.87. The minimum Gasteiger partial charge on any atom is -0.394 e. The van der Waals surface area contributed by atoms with Crippen molar-refractivity contribution < 1.29 is 79.3 Å². The quantitative estimate of drug-likeness (QED) is 0.0402. The zero-order chi connectivity index (χ0) is 26.7. The monoisotopic (exact) mass is 532 g/mol. The Morgan fingerprint density at radius 2 is 0.972 bits per heavy atom. The van der Waals surface area contributed by atoms with Gasteiger partial charge in [-0.05, 0) is 5.57 Å². The highest BCUT2D eigenvalue weighted by atomic mass is 17.2. The van der Waals surface area contributed by atoms with Crippen molar-refractivity contribution >= 4 is 0 Å². The third-order valence-electron chi connectivity index (χ3n) is 5.26. The van der Waals surface area contributed by atoms with E-state index >= 15 is 0 Å². The first kappa shape index (κ1) is 31.3. The molecule has 0 aliphatic carbocycles. The molecule has 2 aliphatic rings. The molecule has 2 saturated heterocycles. The number of ether oxygens (including phenoxy) is 4. The number of hydrogen-bond donors (Lipinski definition) is 8. The van der Waals surface area contributed by atoms with E-state index in [0.29, 0.717) is 5.57 Å². The van der Waals surface area contributed by atoms with Gasteiger partial charge >= 0.3 is 0 Å². The normalized spacial score (nSPS) is 37.2. The Morgan fingerprint density at radius 3 is 1.33 bits per heavy atom. The van der Waals surface area contributed by atoms with Crippen LogP contribution in [-0.2, 0) is 38.5 Å². The second kappa shape index (κ2) is 16.1. The predicted octanol–water partition coefficient (Wildman–Crippen LogP) is -4.93. The molecule has 0 aromatic carbocycles. The smallest absolute Gasteiger partial charge is 0.220 e. The maximum atomic E-state index is 9.81. The molecule has 8 N–H and O–H groups in total. The molecule has 0 spiro atoms. The van der Waals surface area contributed by atoms with Crippen molar-refractivity contribution in [3.8, 4) is 0 Å². The molecule has 2 aliphatic heterocycles. The molecule has 2 heterocycles. The summed E-state index contributed by atoms with van der Waals surface area (Å²) in [7, 11) is 0. The molecule has 0 bridgehead atoms. The van der Waals surface area contributed by atoms with Crippen LogP contribution in [0.2, 0.25) is 0 Å². The molecule has 0 saturated carbocycles. The van der Waals surface area contributed by atoms with Gasteiger partial charge in [0.2, 0.25) is 12.6 Å². The molecule has 0 aromatic rings. The van der Waals surface area contributed by atoms with Crippen LogP contribution in [0.25, 0.3) is 0 Å². The second-order valence-electron chi connectivity index (χ2n) is 8.09. The lowest BCUT2D eigenvalue weighted by Gasteiger charge is -2.38. The Hall–Kier alpha value is -0.900. The summed E-state index contributed by atoms with van der Waals surface area (Å²) in [6, 6.07) is 0. The first-order valence-corrected chi connectivity index (χ1v) is 11.2. The molecule has 10 atom stereocenters. The standard InChI is InChI=1S/C20H36O16/c1-10(8-29-2-4-31-35-19-17(27)15(25)13(23)11(6-21)33-19)9-30-3-5-32-36-20-18(28)16(26)14(24)12(7-22)34-20/h11-28H,1-9H2/t11-,12-,13-,14-,15+,16+,17+,18+,19-,20-/m1/s1. The van der Waals surface area contributed by atoms with Crippen LogP contribution in [0.3, 0.4) is 0 Å². The molecule has 0 amide bonds. The largest absolute Gasteiger partial charge is 0.394 e. The van der Waals surface area contributed by atoms with E-state index in [2.05, 4.69) is 6.58 Å². The van der Waals surface area contributed by atoms with Crippen LogP contribution in [0.1, 0.15) is 0 Å². The zero-order valence-corrected chi connectivity index (χ0v) is 19.5. The number of hydrogen-bond acceptors (Lipinski definition) is 16. The number of rotatable bonds is 16. The van der Waals surface area contributed by atoms with Gasteiger partial charge in [-0.2, -0.15) is 0 Å². The lowest BCUT2D eigenvalue weighted by atomic mass is 9.99. The van der Waals surface area contributed by atoms with Crippen LogP contribution >= 0.6 is 0 Å². The fourth-order valence-corrected chi connectivity index (χ4v) is 3.18. The van der Waals surface area contributed by atoms with Crippen molar-refractivity contribution in [2.24, 2.45) is 0 Å². The van der Waals surface area contributed by atoms with E-state index in [0.717, 1.165) is 0 Å². The molecule has 0 aromatic heterocycles. The molecule has 16 heteroatoms. The predicted molar refractivity (Wildman–Crippen MR) is 112 cm³/mol. The summed E-state index contributed by atoms with van der Waals surface area (Å²) in [6.07, 6.45) is -14.3. The summed E-state index contributed by atoms with van der Waals surface area (Å²) in [5, 5.41) is 76.6. The maximum absolute atomic E-state index is 9.81. The molecular formula is C20H36O16. The van der Waals surface area contributed by atoms with Crippen LogP contribution in [0.4, 0.5) is 0 Å². The zero-order valence-electron chi connectivity index (χ0n) is 19.5. The Balaban J connectivity index is 1.47. The summed E-state index contributed by atoms with van der Waals surface area (Å²) in [5.74, 6) is 0. The van der Waals surface area contributed by atoms with Crippen LogP contribution in [0.15, 0.2) is 12.2 Å². The fourth-order valence-electron chi connectivity index (χ4n) is 3.18. The van der Waals surface area contributed by atoms with Gasteiger partial charge in [0.25, 0.3) is 0 Å². The van der Waals surface area contributed by atoms with Crippen LogP contribution < -0.4 is 0 Å². The van der Waals surface area contributed by atoms with Gasteiger partial charge in [0.1, 0.15) is 62.0 Å². The summed E-state index contributed by atoms with van der Waals surface area (Å²) >= 11 is 0. The van der Waals surface area contributed by atoms with Gasteiger partial charge in [-0.25, -0.2) is 19.6 Å². The lowest BCUT2D eigenvalue weighted by molar-refractivity contribution is -0.427. The molecule has 0 radical (unpaired) electrons. The fraction of sp³-hybridized carbons (Fsp3) is 0.900. The van der Waals surface area contributed by atoms with Crippen LogP contribution in [-0.4, -0.2) is 155 Å². The first-order chi connectivity index (χ1) is 17.2. The van der Waals surface area contributed by atoms with E-state index in [-0.39, 0.29) is 39.6 Å². The summed E-state index contributed by atoms with van der Waals surface area (Å²) in [4.78, 5) is 19.4.